The number of hydrogen-bond donors (Lipinski definition) is 1. The van der Waals surface area contributed by atoms with Crippen LogP contribution in [0, 0.1) is 11.8 Å². The molecule has 5 nitrogen and oxygen atoms in total. The lowest BCUT2D eigenvalue weighted by molar-refractivity contribution is 0.173. The summed E-state index contributed by atoms with van der Waals surface area (Å²) < 4.78 is 11.0. The first-order valence-electron chi connectivity index (χ1n) is 8.94. The van der Waals surface area contributed by atoms with Crippen LogP contribution >= 0.6 is 0 Å². The number of aromatic nitrogens is 2. The summed E-state index contributed by atoms with van der Waals surface area (Å²) in [5.74, 6) is 4.38. The van der Waals surface area contributed by atoms with Crippen molar-refractivity contribution in [2.24, 2.45) is 17.6 Å². The molecule has 4 atom stereocenters. The largest absolute Gasteiger partial charge is 0.497 e. The normalized spacial score (nSPS) is 32.9. The Morgan fingerprint density at radius 1 is 1.25 bits per heavy atom. The first-order chi connectivity index (χ1) is 11.7. The predicted octanol–water partition coefficient (Wildman–Crippen LogP) is 3.00. The Bertz CT molecular complexity index is 767. The second kappa shape index (κ2) is 5.06. The molecule has 0 radical (unpaired) electrons. The lowest BCUT2D eigenvalue weighted by Gasteiger charge is -2.37. The minimum absolute atomic E-state index is 0.0791. The molecule has 3 aliphatic carbocycles. The molecule has 1 aromatic carbocycles. The molecule has 126 valence electrons. The molecule has 5 heteroatoms. The number of nitrogens with two attached hydrogens (primary N) is 1. The van der Waals surface area contributed by atoms with Crippen LogP contribution in [0.3, 0.4) is 0 Å². The van der Waals surface area contributed by atoms with Gasteiger partial charge >= 0.3 is 0 Å². The van der Waals surface area contributed by atoms with E-state index in [4.69, 9.17) is 20.0 Å². The fraction of sp³-hybridized carbons (Fsp3) is 0.579. The molecule has 24 heavy (non-hydrogen) atoms. The molecule has 3 aliphatic rings. The van der Waals surface area contributed by atoms with Crippen LogP contribution in [0.15, 0.2) is 28.8 Å². The minimum atomic E-state index is -0.0791. The van der Waals surface area contributed by atoms with Crippen LogP contribution in [0.2, 0.25) is 0 Å². The third kappa shape index (κ3) is 2.04. The van der Waals surface area contributed by atoms with Crippen LogP contribution in [0.1, 0.15) is 55.3 Å². The van der Waals surface area contributed by atoms with Gasteiger partial charge in [-0.05, 0) is 61.6 Å². The molecule has 0 saturated heterocycles. The van der Waals surface area contributed by atoms with E-state index in [1.807, 2.05) is 12.1 Å². The second-order valence-electron chi connectivity index (χ2n) is 7.76. The fourth-order valence-corrected chi connectivity index (χ4v) is 4.77. The van der Waals surface area contributed by atoms with Gasteiger partial charge in [0, 0.05) is 12.0 Å². The number of hydrogen-bond acceptors (Lipinski definition) is 5. The molecule has 0 spiro atoms. The minimum Gasteiger partial charge on any atom is -0.497 e. The van der Waals surface area contributed by atoms with E-state index in [2.05, 4.69) is 17.3 Å². The number of nitrogens with zero attached hydrogens (tertiary/aromatic N) is 2. The Labute approximate surface area is 141 Å². The van der Waals surface area contributed by atoms with E-state index in [0.29, 0.717) is 17.9 Å². The average Bonchev–Trinajstić information content (AvgIpc) is 3.13. The Balaban J connectivity index is 1.41. The zero-order valence-corrected chi connectivity index (χ0v) is 13.9. The van der Waals surface area contributed by atoms with E-state index < -0.39 is 0 Å². The van der Waals surface area contributed by atoms with Crippen molar-refractivity contribution >= 4 is 0 Å². The van der Waals surface area contributed by atoms with Crippen molar-refractivity contribution in [3.05, 3.63) is 41.5 Å². The molecular formula is C19H23N3O2. The van der Waals surface area contributed by atoms with Crippen molar-refractivity contribution in [2.75, 3.05) is 7.11 Å². The van der Waals surface area contributed by atoms with Crippen LogP contribution < -0.4 is 10.5 Å². The molecule has 1 aromatic heterocycles. The molecular weight excluding hydrogens is 302 g/mol. The summed E-state index contributed by atoms with van der Waals surface area (Å²) in [6.07, 6.45) is 5.57. The Morgan fingerprint density at radius 3 is 2.83 bits per heavy atom. The molecule has 3 fully saturated rings. The number of benzene rings is 1. The topological polar surface area (TPSA) is 74.2 Å². The van der Waals surface area contributed by atoms with E-state index in [9.17, 15) is 0 Å². The van der Waals surface area contributed by atoms with Gasteiger partial charge in [-0.25, -0.2) is 0 Å². The monoisotopic (exact) mass is 325 g/mol. The SMILES string of the molecule is COc1cccc(C2(c3noc(C4C[C@@H]5C[C@H](N)[C@@H]5C4)n3)CC2)c1. The van der Waals surface area contributed by atoms with E-state index in [0.717, 1.165) is 55.5 Å². The molecule has 2 N–H and O–H groups in total. The van der Waals surface area contributed by atoms with Gasteiger partial charge in [0.05, 0.1) is 12.5 Å². The molecule has 1 heterocycles. The van der Waals surface area contributed by atoms with Crippen LogP contribution in [-0.2, 0) is 5.41 Å². The number of ether oxygens (including phenoxy) is 1. The lowest BCUT2D eigenvalue weighted by atomic mass is 9.72. The standard InChI is InChI=1S/C19H23N3O2/c1-23-14-4-2-3-13(10-14)19(5-6-19)18-21-17(24-22-18)12-7-11-9-16(20)15(11)8-12/h2-4,10-12,15-16H,5-9,20H2,1H3/t11-,12?,15-,16+/m1/s1. The van der Waals surface area contributed by atoms with Gasteiger partial charge in [-0.15, -0.1) is 0 Å². The Kier molecular flexibility index (Phi) is 3.05. The Hall–Kier alpha value is -1.88. The summed E-state index contributed by atoms with van der Waals surface area (Å²) in [5, 5.41) is 4.36. The van der Waals surface area contributed by atoms with Gasteiger partial charge < -0.3 is 15.0 Å². The van der Waals surface area contributed by atoms with Crippen LogP contribution in [0.5, 0.6) is 5.75 Å². The van der Waals surface area contributed by atoms with Crippen molar-refractivity contribution in [3.63, 3.8) is 0 Å². The molecule has 0 amide bonds. The van der Waals surface area contributed by atoms with Gasteiger partial charge in [-0.2, -0.15) is 4.98 Å². The Morgan fingerprint density at radius 2 is 2.12 bits per heavy atom. The highest BCUT2D eigenvalue weighted by Crippen LogP contribution is 2.55. The summed E-state index contributed by atoms with van der Waals surface area (Å²) in [4.78, 5) is 4.82. The van der Waals surface area contributed by atoms with E-state index in [1.54, 1.807) is 7.11 Å². The lowest BCUT2D eigenvalue weighted by Crippen LogP contribution is -2.44. The third-order valence-corrected chi connectivity index (χ3v) is 6.47. The van der Waals surface area contributed by atoms with Crippen LogP contribution in [0.25, 0.3) is 0 Å². The maximum absolute atomic E-state index is 6.11. The maximum Gasteiger partial charge on any atom is 0.229 e. The smallest absolute Gasteiger partial charge is 0.229 e. The maximum atomic E-state index is 6.11. The molecule has 3 saturated carbocycles. The summed E-state index contributed by atoms with van der Waals surface area (Å²) >= 11 is 0. The van der Waals surface area contributed by atoms with Gasteiger partial charge in [0.25, 0.3) is 0 Å². The third-order valence-electron chi connectivity index (χ3n) is 6.47. The summed E-state index contributed by atoms with van der Waals surface area (Å²) in [6.45, 7) is 0. The molecule has 2 aromatic rings. The summed E-state index contributed by atoms with van der Waals surface area (Å²) in [5.41, 5.74) is 7.26. The quantitative estimate of drug-likeness (QED) is 0.935. The predicted molar refractivity (Wildman–Crippen MR) is 88.9 cm³/mol. The molecule has 0 aliphatic heterocycles. The second-order valence-corrected chi connectivity index (χ2v) is 7.76. The van der Waals surface area contributed by atoms with Crippen molar-refractivity contribution in [1.29, 1.82) is 0 Å². The fourth-order valence-electron chi connectivity index (χ4n) is 4.77. The zero-order valence-electron chi connectivity index (χ0n) is 13.9. The highest BCUT2D eigenvalue weighted by atomic mass is 16.5. The van der Waals surface area contributed by atoms with Crippen molar-refractivity contribution in [3.8, 4) is 5.75 Å². The van der Waals surface area contributed by atoms with Gasteiger partial charge in [0.15, 0.2) is 5.82 Å². The molecule has 1 unspecified atom stereocenters. The first kappa shape index (κ1) is 14.5. The van der Waals surface area contributed by atoms with E-state index in [1.165, 1.54) is 5.56 Å². The highest BCUT2D eigenvalue weighted by molar-refractivity contribution is 5.42. The van der Waals surface area contributed by atoms with Crippen molar-refractivity contribution < 1.29 is 9.26 Å². The van der Waals surface area contributed by atoms with Gasteiger partial charge in [0.1, 0.15) is 5.75 Å². The van der Waals surface area contributed by atoms with Crippen LogP contribution in [0.4, 0.5) is 0 Å². The number of methoxy groups -OCH3 is 1. The van der Waals surface area contributed by atoms with E-state index >= 15 is 0 Å². The zero-order chi connectivity index (χ0) is 16.3. The van der Waals surface area contributed by atoms with Gasteiger partial charge in [-0.1, -0.05) is 17.3 Å². The highest BCUT2D eigenvalue weighted by Gasteiger charge is 2.52. The van der Waals surface area contributed by atoms with Crippen molar-refractivity contribution in [2.45, 2.75) is 49.5 Å². The summed E-state index contributed by atoms with van der Waals surface area (Å²) in [6, 6.07) is 8.62. The first-order valence-corrected chi connectivity index (χ1v) is 8.94. The van der Waals surface area contributed by atoms with Crippen molar-refractivity contribution in [1.82, 2.24) is 10.1 Å². The van der Waals surface area contributed by atoms with Gasteiger partial charge in [-0.3, -0.25) is 0 Å². The number of rotatable bonds is 4. The number of fused-ring (bicyclic) bond motifs is 1. The van der Waals surface area contributed by atoms with Crippen LogP contribution in [-0.4, -0.2) is 23.3 Å². The summed E-state index contributed by atoms with van der Waals surface area (Å²) in [7, 11) is 1.70. The molecule has 0 bridgehead atoms. The molecule has 5 rings (SSSR count). The average molecular weight is 325 g/mol. The van der Waals surface area contributed by atoms with Gasteiger partial charge in [0.2, 0.25) is 5.89 Å². The van der Waals surface area contributed by atoms with E-state index in [-0.39, 0.29) is 5.41 Å².